The van der Waals surface area contributed by atoms with E-state index in [1.54, 1.807) is 12.1 Å². The lowest BCUT2D eigenvalue weighted by Gasteiger charge is -2.29. The number of hydrogen-bond donors (Lipinski definition) is 2. The third-order valence-corrected chi connectivity index (χ3v) is 2.95. The van der Waals surface area contributed by atoms with Crippen LogP contribution in [-0.4, -0.2) is 31.2 Å². The van der Waals surface area contributed by atoms with Gasteiger partial charge < -0.3 is 15.4 Å². The van der Waals surface area contributed by atoms with Crippen LogP contribution in [0.25, 0.3) is 0 Å². The molecule has 2 atom stereocenters. The fourth-order valence-corrected chi connectivity index (χ4v) is 1.97. The first-order chi connectivity index (χ1) is 8.66. The van der Waals surface area contributed by atoms with Crippen LogP contribution in [0.5, 0.6) is 0 Å². The molecule has 1 aliphatic rings. The van der Waals surface area contributed by atoms with Crippen molar-refractivity contribution in [3.05, 3.63) is 35.6 Å². The summed E-state index contributed by atoms with van der Waals surface area (Å²) in [6.07, 6.45) is -0.147. The molecule has 1 saturated heterocycles. The molecule has 2 rings (SSSR count). The fraction of sp³-hybridized carbons (Fsp3) is 0.462. The molecule has 6 heteroatoms. The van der Waals surface area contributed by atoms with Gasteiger partial charge in [0.2, 0.25) is 5.91 Å². The Kier molecular flexibility index (Phi) is 6.21. The number of carbonyl (C=O) groups excluding carboxylic acids is 1. The highest BCUT2D eigenvalue weighted by atomic mass is 35.5. The molecule has 0 spiro atoms. The van der Waals surface area contributed by atoms with Crippen molar-refractivity contribution in [1.82, 2.24) is 10.6 Å². The first-order valence-corrected chi connectivity index (χ1v) is 6.04. The van der Waals surface area contributed by atoms with Gasteiger partial charge in [-0.05, 0) is 24.6 Å². The summed E-state index contributed by atoms with van der Waals surface area (Å²) in [6.45, 7) is 3.47. The molecule has 19 heavy (non-hydrogen) atoms. The topological polar surface area (TPSA) is 50.4 Å². The molecule has 0 unspecified atom stereocenters. The first-order valence-electron chi connectivity index (χ1n) is 6.04. The normalized spacial score (nSPS) is 22.4. The van der Waals surface area contributed by atoms with Crippen LogP contribution in [0.4, 0.5) is 4.39 Å². The summed E-state index contributed by atoms with van der Waals surface area (Å²) in [7, 11) is 0. The summed E-state index contributed by atoms with van der Waals surface area (Å²) in [4.78, 5) is 11.9. The largest absolute Gasteiger partial charge is 0.375 e. The number of amides is 1. The van der Waals surface area contributed by atoms with Crippen molar-refractivity contribution < 1.29 is 13.9 Å². The molecule has 1 fully saturated rings. The molecule has 1 amide bonds. The minimum atomic E-state index is -0.340. The Morgan fingerprint density at radius 2 is 2.37 bits per heavy atom. The number of nitrogens with one attached hydrogen (secondary N) is 2. The highest BCUT2D eigenvalue weighted by Gasteiger charge is 2.27. The average molecular weight is 289 g/mol. The van der Waals surface area contributed by atoms with Crippen LogP contribution >= 0.6 is 12.4 Å². The SMILES string of the molecule is C[C@H]1OCCN[C@@H]1C(=O)NCc1cccc(F)c1.Cl. The van der Waals surface area contributed by atoms with E-state index in [2.05, 4.69) is 10.6 Å². The molecule has 106 valence electrons. The Bertz CT molecular complexity index is 431. The molecule has 1 heterocycles. The van der Waals surface area contributed by atoms with E-state index in [9.17, 15) is 9.18 Å². The maximum atomic E-state index is 13.0. The van der Waals surface area contributed by atoms with Gasteiger partial charge in [-0.25, -0.2) is 4.39 Å². The standard InChI is InChI=1S/C13H17FN2O2.ClH/c1-9-12(15-5-6-18-9)13(17)16-8-10-3-2-4-11(14)7-10;/h2-4,7,9,12,15H,5-6,8H2,1H3,(H,16,17);1H/t9-,12+;/m1./s1. The molecule has 0 bridgehead atoms. The van der Waals surface area contributed by atoms with Crippen LogP contribution in [0.2, 0.25) is 0 Å². The lowest BCUT2D eigenvalue weighted by molar-refractivity contribution is -0.129. The molecule has 0 radical (unpaired) electrons. The summed E-state index contributed by atoms with van der Waals surface area (Å²) in [5.74, 6) is -0.416. The molecule has 1 aliphatic heterocycles. The number of benzene rings is 1. The first kappa shape index (κ1) is 15.9. The molecule has 1 aromatic carbocycles. The van der Waals surface area contributed by atoms with Crippen LogP contribution in [0, 0.1) is 5.82 Å². The molecular weight excluding hydrogens is 271 g/mol. The third-order valence-electron chi connectivity index (χ3n) is 2.95. The van der Waals surface area contributed by atoms with Crippen molar-refractivity contribution in [3.8, 4) is 0 Å². The van der Waals surface area contributed by atoms with Crippen LogP contribution in [-0.2, 0) is 16.1 Å². The van der Waals surface area contributed by atoms with E-state index >= 15 is 0 Å². The second-order valence-electron chi connectivity index (χ2n) is 4.36. The smallest absolute Gasteiger partial charge is 0.240 e. The molecular formula is C13H18ClFN2O2. The number of ether oxygens (including phenoxy) is 1. The van der Waals surface area contributed by atoms with E-state index in [-0.39, 0.29) is 36.3 Å². The summed E-state index contributed by atoms with van der Waals surface area (Å²) < 4.78 is 18.4. The van der Waals surface area contributed by atoms with Crippen LogP contribution in [0.15, 0.2) is 24.3 Å². The fourth-order valence-electron chi connectivity index (χ4n) is 1.97. The Morgan fingerprint density at radius 1 is 1.58 bits per heavy atom. The number of morpholine rings is 1. The minimum Gasteiger partial charge on any atom is -0.375 e. The Labute approximate surface area is 118 Å². The van der Waals surface area contributed by atoms with E-state index in [1.807, 2.05) is 6.92 Å². The molecule has 0 aliphatic carbocycles. The minimum absolute atomic E-state index is 0. The van der Waals surface area contributed by atoms with Crippen LogP contribution < -0.4 is 10.6 Å². The molecule has 0 aromatic heterocycles. The van der Waals surface area contributed by atoms with E-state index in [1.165, 1.54) is 12.1 Å². The molecule has 2 N–H and O–H groups in total. The van der Waals surface area contributed by atoms with Gasteiger partial charge in [0.15, 0.2) is 0 Å². The quantitative estimate of drug-likeness (QED) is 0.880. The monoisotopic (exact) mass is 288 g/mol. The maximum Gasteiger partial charge on any atom is 0.240 e. The van der Waals surface area contributed by atoms with Gasteiger partial charge in [-0.2, -0.15) is 0 Å². The second kappa shape index (κ2) is 7.43. The summed E-state index contributed by atoms with van der Waals surface area (Å²) in [6, 6.07) is 5.85. The van der Waals surface area contributed by atoms with Gasteiger partial charge in [-0.3, -0.25) is 4.79 Å². The van der Waals surface area contributed by atoms with Crippen molar-refractivity contribution in [2.75, 3.05) is 13.2 Å². The molecule has 0 saturated carbocycles. The second-order valence-corrected chi connectivity index (χ2v) is 4.36. The van der Waals surface area contributed by atoms with Crippen LogP contribution in [0.3, 0.4) is 0 Å². The maximum absolute atomic E-state index is 13.0. The van der Waals surface area contributed by atoms with Crippen molar-refractivity contribution in [1.29, 1.82) is 0 Å². The van der Waals surface area contributed by atoms with Crippen molar-refractivity contribution in [3.63, 3.8) is 0 Å². The summed E-state index contributed by atoms with van der Waals surface area (Å²) in [5, 5.41) is 5.88. The summed E-state index contributed by atoms with van der Waals surface area (Å²) >= 11 is 0. The van der Waals surface area contributed by atoms with Gasteiger partial charge in [0.25, 0.3) is 0 Å². The third kappa shape index (κ3) is 4.45. The van der Waals surface area contributed by atoms with Crippen LogP contribution in [0.1, 0.15) is 12.5 Å². The molecule has 4 nitrogen and oxygen atoms in total. The van der Waals surface area contributed by atoms with Gasteiger partial charge in [-0.1, -0.05) is 12.1 Å². The predicted octanol–water partition coefficient (Wildman–Crippen LogP) is 1.24. The number of carbonyl (C=O) groups is 1. The van der Waals surface area contributed by atoms with E-state index in [4.69, 9.17) is 4.74 Å². The van der Waals surface area contributed by atoms with Crippen molar-refractivity contribution >= 4 is 18.3 Å². The Balaban J connectivity index is 0.00000180. The van der Waals surface area contributed by atoms with E-state index in [0.29, 0.717) is 19.7 Å². The van der Waals surface area contributed by atoms with E-state index in [0.717, 1.165) is 5.56 Å². The van der Waals surface area contributed by atoms with Gasteiger partial charge in [0, 0.05) is 13.1 Å². The average Bonchev–Trinajstić information content (AvgIpc) is 2.37. The lowest BCUT2D eigenvalue weighted by atomic mass is 10.1. The highest BCUT2D eigenvalue weighted by Crippen LogP contribution is 2.06. The van der Waals surface area contributed by atoms with Crippen molar-refractivity contribution in [2.24, 2.45) is 0 Å². The zero-order chi connectivity index (χ0) is 13.0. The van der Waals surface area contributed by atoms with E-state index < -0.39 is 0 Å². The van der Waals surface area contributed by atoms with Gasteiger partial charge in [0.1, 0.15) is 11.9 Å². The highest BCUT2D eigenvalue weighted by molar-refractivity contribution is 5.85. The zero-order valence-electron chi connectivity index (χ0n) is 10.7. The Hall–Kier alpha value is -1.17. The van der Waals surface area contributed by atoms with Gasteiger partial charge in [-0.15, -0.1) is 12.4 Å². The number of hydrogen-bond acceptors (Lipinski definition) is 3. The number of halogens is 2. The lowest BCUT2D eigenvalue weighted by Crippen LogP contribution is -2.55. The number of rotatable bonds is 3. The van der Waals surface area contributed by atoms with Gasteiger partial charge in [0.05, 0.1) is 12.7 Å². The molecule has 1 aromatic rings. The van der Waals surface area contributed by atoms with Gasteiger partial charge >= 0.3 is 0 Å². The zero-order valence-corrected chi connectivity index (χ0v) is 11.5. The predicted molar refractivity (Wildman–Crippen MR) is 72.7 cm³/mol. The van der Waals surface area contributed by atoms with Crippen molar-refractivity contribution in [2.45, 2.75) is 25.6 Å². The summed E-state index contributed by atoms with van der Waals surface area (Å²) in [5.41, 5.74) is 0.743. The Morgan fingerprint density at radius 3 is 3.05 bits per heavy atom.